The van der Waals surface area contributed by atoms with Gasteiger partial charge in [0, 0.05) is 33.2 Å². The maximum Gasteiger partial charge on any atom is 0.407 e. The Balaban J connectivity index is 0.00000484. The van der Waals surface area contributed by atoms with E-state index < -0.39 is 5.60 Å². The van der Waals surface area contributed by atoms with Gasteiger partial charge in [0.1, 0.15) is 5.60 Å². The third kappa shape index (κ3) is 9.88. The molecule has 0 radical (unpaired) electrons. The second-order valence-electron chi connectivity index (χ2n) is 6.95. The molecule has 6 nitrogen and oxygen atoms in total. The van der Waals surface area contributed by atoms with Gasteiger partial charge in [-0.05, 0) is 46.0 Å². The van der Waals surface area contributed by atoms with Gasteiger partial charge < -0.3 is 20.3 Å². The molecule has 7 heteroatoms. The number of nitrogens with one attached hydrogen (secondary N) is 2. The van der Waals surface area contributed by atoms with E-state index in [2.05, 4.69) is 27.4 Å². The van der Waals surface area contributed by atoms with Crippen molar-refractivity contribution in [2.75, 3.05) is 33.2 Å². The number of rotatable bonds is 4. The Kier molecular flexibility index (Phi) is 10.6. The number of hydrogen-bond donors (Lipinski definition) is 2. The Bertz CT molecular complexity index is 383. The molecule has 1 unspecified atom stereocenters. The second-order valence-corrected chi connectivity index (χ2v) is 6.95. The molecule has 1 amide bonds. The van der Waals surface area contributed by atoms with Gasteiger partial charge in [-0.2, -0.15) is 0 Å². The van der Waals surface area contributed by atoms with Gasteiger partial charge in [0.05, 0.1) is 0 Å². The standard InChI is InChI=1S/C16H32N4O2.HI/c1-13-8-6-11-20(12-13)14(17-5)18-9-7-10-19-15(21)22-16(2,3)4;/h13H,6-12H2,1-5H3,(H,17,18)(H,19,21);1H. The fourth-order valence-electron chi connectivity index (χ4n) is 2.51. The molecule has 0 spiro atoms. The molecule has 23 heavy (non-hydrogen) atoms. The van der Waals surface area contributed by atoms with E-state index in [0.717, 1.165) is 37.9 Å². The lowest BCUT2D eigenvalue weighted by atomic mass is 10.0. The molecule has 0 aliphatic carbocycles. The Labute approximate surface area is 157 Å². The normalized spacial score (nSPS) is 18.9. The summed E-state index contributed by atoms with van der Waals surface area (Å²) >= 11 is 0. The number of hydrogen-bond acceptors (Lipinski definition) is 3. The van der Waals surface area contributed by atoms with Gasteiger partial charge in [-0.1, -0.05) is 6.92 Å². The smallest absolute Gasteiger partial charge is 0.407 e. The van der Waals surface area contributed by atoms with Gasteiger partial charge in [-0.3, -0.25) is 4.99 Å². The van der Waals surface area contributed by atoms with Crippen LogP contribution in [0.2, 0.25) is 0 Å². The molecule has 1 saturated heterocycles. The van der Waals surface area contributed by atoms with E-state index in [1.54, 1.807) is 0 Å². The van der Waals surface area contributed by atoms with Crippen molar-refractivity contribution in [3.05, 3.63) is 0 Å². The lowest BCUT2D eigenvalue weighted by molar-refractivity contribution is 0.0527. The van der Waals surface area contributed by atoms with Crippen LogP contribution in [0.3, 0.4) is 0 Å². The lowest BCUT2D eigenvalue weighted by Gasteiger charge is -2.33. The number of amides is 1. The zero-order valence-electron chi connectivity index (χ0n) is 15.1. The van der Waals surface area contributed by atoms with E-state index >= 15 is 0 Å². The molecule has 0 bridgehead atoms. The molecular formula is C16H33IN4O2. The first kappa shape index (κ1) is 22.3. The molecule has 0 saturated carbocycles. The number of ether oxygens (including phenoxy) is 1. The molecule has 1 heterocycles. The van der Waals surface area contributed by atoms with Gasteiger partial charge >= 0.3 is 6.09 Å². The summed E-state index contributed by atoms with van der Waals surface area (Å²) in [6.07, 6.45) is 3.00. The Morgan fingerprint density at radius 2 is 1.96 bits per heavy atom. The van der Waals surface area contributed by atoms with Crippen molar-refractivity contribution < 1.29 is 9.53 Å². The maximum absolute atomic E-state index is 11.5. The monoisotopic (exact) mass is 440 g/mol. The Morgan fingerprint density at radius 3 is 2.52 bits per heavy atom. The highest BCUT2D eigenvalue weighted by molar-refractivity contribution is 14.0. The van der Waals surface area contributed by atoms with Gasteiger partial charge in [0.15, 0.2) is 5.96 Å². The SMILES string of the molecule is CN=C(NCCCNC(=O)OC(C)(C)C)N1CCCC(C)C1.I. The van der Waals surface area contributed by atoms with Crippen molar-refractivity contribution in [2.24, 2.45) is 10.9 Å². The minimum atomic E-state index is -0.449. The van der Waals surface area contributed by atoms with Crippen LogP contribution in [0, 0.1) is 5.92 Å². The predicted molar refractivity (Wildman–Crippen MR) is 106 cm³/mol. The number of carbonyl (C=O) groups is 1. The molecule has 0 aromatic carbocycles. The number of alkyl carbamates (subject to hydrolysis) is 1. The minimum Gasteiger partial charge on any atom is -0.444 e. The van der Waals surface area contributed by atoms with Crippen LogP contribution >= 0.6 is 24.0 Å². The lowest BCUT2D eigenvalue weighted by Crippen LogP contribution is -2.46. The average molecular weight is 440 g/mol. The number of halogens is 1. The van der Waals surface area contributed by atoms with Crippen molar-refractivity contribution >= 4 is 36.0 Å². The summed E-state index contributed by atoms with van der Waals surface area (Å²) < 4.78 is 5.19. The second kappa shape index (κ2) is 10.9. The molecule has 2 N–H and O–H groups in total. The van der Waals surface area contributed by atoms with Gasteiger partial charge in [-0.15, -0.1) is 24.0 Å². The summed E-state index contributed by atoms with van der Waals surface area (Å²) in [5.74, 6) is 1.69. The highest BCUT2D eigenvalue weighted by Gasteiger charge is 2.19. The van der Waals surface area contributed by atoms with Crippen LogP contribution in [-0.2, 0) is 4.74 Å². The van der Waals surface area contributed by atoms with Crippen molar-refractivity contribution in [1.82, 2.24) is 15.5 Å². The van der Waals surface area contributed by atoms with Gasteiger partial charge in [0.25, 0.3) is 0 Å². The molecular weight excluding hydrogens is 407 g/mol. The Hall–Kier alpha value is -0.730. The predicted octanol–water partition coefficient (Wildman–Crippen LogP) is 2.83. The fourth-order valence-corrected chi connectivity index (χ4v) is 2.51. The number of likely N-dealkylation sites (tertiary alicyclic amines) is 1. The number of carbonyl (C=O) groups excluding carboxylic acids is 1. The highest BCUT2D eigenvalue weighted by atomic mass is 127. The van der Waals surface area contributed by atoms with Crippen molar-refractivity contribution in [2.45, 2.75) is 52.6 Å². The van der Waals surface area contributed by atoms with E-state index in [-0.39, 0.29) is 30.1 Å². The summed E-state index contributed by atoms with van der Waals surface area (Å²) in [6.45, 7) is 11.4. The topological polar surface area (TPSA) is 66.0 Å². The molecule has 0 aromatic heterocycles. The van der Waals surface area contributed by atoms with Crippen LogP contribution < -0.4 is 10.6 Å². The minimum absolute atomic E-state index is 0. The number of piperidine rings is 1. The van der Waals surface area contributed by atoms with Crippen molar-refractivity contribution in [1.29, 1.82) is 0 Å². The van der Waals surface area contributed by atoms with Crippen LogP contribution in [0.1, 0.15) is 47.0 Å². The average Bonchev–Trinajstić information content (AvgIpc) is 2.40. The van der Waals surface area contributed by atoms with E-state index in [9.17, 15) is 4.79 Å². The van der Waals surface area contributed by atoms with Crippen LogP contribution in [-0.4, -0.2) is 55.8 Å². The molecule has 1 aliphatic heterocycles. The largest absolute Gasteiger partial charge is 0.444 e. The summed E-state index contributed by atoms with van der Waals surface area (Å²) in [6, 6.07) is 0. The van der Waals surface area contributed by atoms with E-state index in [0.29, 0.717) is 6.54 Å². The number of nitrogens with zero attached hydrogens (tertiary/aromatic N) is 2. The summed E-state index contributed by atoms with van der Waals surface area (Å²) in [7, 11) is 1.82. The van der Waals surface area contributed by atoms with Crippen LogP contribution in [0.15, 0.2) is 4.99 Å². The van der Waals surface area contributed by atoms with Crippen LogP contribution in [0.5, 0.6) is 0 Å². The van der Waals surface area contributed by atoms with E-state index in [1.807, 2.05) is 27.8 Å². The maximum atomic E-state index is 11.5. The molecule has 1 aliphatic rings. The molecule has 1 rings (SSSR count). The molecule has 136 valence electrons. The molecule has 1 fully saturated rings. The first-order chi connectivity index (χ1) is 10.3. The third-order valence-corrected chi connectivity index (χ3v) is 3.47. The first-order valence-corrected chi connectivity index (χ1v) is 8.24. The van der Waals surface area contributed by atoms with Gasteiger partial charge in [0.2, 0.25) is 0 Å². The number of aliphatic imine (C=N–C) groups is 1. The zero-order chi connectivity index (χ0) is 16.6. The van der Waals surface area contributed by atoms with Crippen molar-refractivity contribution in [3.8, 4) is 0 Å². The van der Waals surface area contributed by atoms with Crippen LogP contribution in [0.25, 0.3) is 0 Å². The third-order valence-electron chi connectivity index (χ3n) is 3.47. The van der Waals surface area contributed by atoms with Gasteiger partial charge in [-0.25, -0.2) is 4.79 Å². The molecule has 1 atom stereocenters. The van der Waals surface area contributed by atoms with E-state index in [4.69, 9.17) is 4.74 Å². The van der Waals surface area contributed by atoms with Crippen molar-refractivity contribution in [3.63, 3.8) is 0 Å². The first-order valence-electron chi connectivity index (χ1n) is 8.24. The zero-order valence-corrected chi connectivity index (χ0v) is 17.5. The summed E-state index contributed by atoms with van der Waals surface area (Å²) in [5.41, 5.74) is -0.449. The summed E-state index contributed by atoms with van der Waals surface area (Å²) in [4.78, 5) is 18.2. The fraction of sp³-hybridized carbons (Fsp3) is 0.875. The highest BCUT2D eigenvalue weighted by Crippen LogP contribution is 2.15. The quantitative estimate of drug-likeness (QED) is 0.306. The van der Waals surface area contributed by atoms with E-state index in [1.165, 1.54) is 12.8 Å². The number of guanidine groups is 1. The molecule has 0 aromatic rings. The van der Waals surface area contributed by atoms with Crippen LogP contribution in [0.4, 0.5) is 4.79 Å². The Morgan fingerprint density at radius 1 is 1.30 bits per heavy atom. The summed E-state index contributed by atoms with van der Waals surface area (Å²) in [5, 5.41) is 6.13.